The van der Waals surface area contributed by atoms with E-state index in [0.717, 1.165) is 11.4 Å². The van der Waals surface area contributed by atoms with Gasteiger partial charge in [-0.25, -0.2) is 4.39 Å². The summed E-state index contributed by atoms with van der Waals surface area (Å²) in [6.45, 7) is 3.58. The van der Waals surface area contributed by atoms with Crippen molar-refractivity contribution >= 4 is 15.9 Å². The van der Waals surface area contributed by atoms with Crippen LogP contribution in [0.1, 0.15) is 11.4 Å². The van der Waals surface area contributed by atoms with E-state index in [1.54, 1.807) is 30.5 Å². The van der Waals surface area contributed by atoms with Crippen molar-refractivity contribution in [3.8, 4) is 5.69 Å². The standard InChI is InChI=1S/C13H11BrFNO/c1-8-5-11(17)6-9(2)16(8)13-4-3-10(14)7-12(13)15/h3-7H,1-2H3. The molecule has 0 unspecified atom stereocenters. The lowest BCUT2D eigenvalue weighted by Crippen LogP contribution is -2.12. The van der Waals surface area contributed by atoms with E-state index in [-0.39, 0.29) is 11.2 Å². The molecule has 0 fully saturated rings. The summed E-state index contributed by atoms with van der Waals surface area (Å²) in [5, 5.41) is 0. The first-order valence-electron chi connectivity index (χ1n) is 5.15. The van der Waals surface area contributed by atoms with Gasteiger partial charge in [0.25, 0.3) is 0 Å². The SMILES string of the molecule is Cc1cc(=O)cc(C)n1-c1ccc(Br)cc1F. The Kier molecular flexibility index (Phi) is 3.15. The first-order chi connectivity index (χ1) is 7.99. The maximum absolute atomic E-state index is 13.9. The van der Waals surface area contributed by atoms with Crippen LogP contribution in [0.15, 0.2) is 39.6 Å². The molecule has 0 N–H and O–H groups in total. The van der Waals surface area contributed by atoms with Crippen LogP contribution in [-0.2, 0) is 0 Å². The smallest absolute Gasteiger partial charge is 0.182 e. The molecule has 2 aromatic rings. The van der Waals surface area contributed by atoms with Crippen molar-refractivity contribution in [2.45, 2.75) is 13.8 Å². The van der Waals surface area contributed by atoms with E-state index in [0.29, 0.717) is 10.2 Å². The number of aryl methyl sites for hydroxylation is 2. The van der Waals surface area contributed by atoms with Gasteiger partial charge in [0, 0.05) is 28.0 Å². The second-order valence-electron chi connectivity index (χ2n) is 3.90. The summed E-state index contributed by atoms with van der Waals surface area (Å²) in [5.74, 6) is -0.325. The molecular weight excluding hydrogens is 285 g/mol. The largest absolute Gasteiger partial charge is 0.316 e. The fraction of sp³-hybridized carbons (Fsp3) is 0.154. The Hall–Kier alpha value is -1.42. The Labute approximate surface area is 107 Å². The average Bonchev–Trinajstić information content (AvgIpc) is 2.19. The number of halogens is 2. The molecule has 0 aliphatic rings. The first-order valence-corrected chi connectivity index (χ1v) is 5.94. The van der Waals surface area contributed by atoms with Crippen molar-refractivity contribution in [2.75, 3.05) is 0 Å². The number of pyridine rings is 1. The second-order valence-corrected chi connectivity index (χ2v) is 4.82. The third kappa shape index (κ3) is 2.31. The van der Waals surface area contributed by atoms with Crippen molar-refractivity contribution in [1.82, 2.24) is 4.57 Å². The molecule has 4 heteroatoms. The van der Waals surface area contributed by atoms with Crippen LogP contribution in [0, 0.1) is 19.7 Å². The third-order valence-electron chi connectivity index (χ3n) is 2.56. The molecule has 0 atom stereocenters. The molecule has 0 aliphatic carbocycles. The molecule has 17 heavy (non-hydrogen) atoms. The summed E-state index contributed by atoms with van der Waals surface area (Å²) in [7, 11) is 0. The second kappa shape index (κ2) is 4.45. The lowest BCUT2D eigenvalue weighted by molar-refractivity contribution is 0.613. The molecule has 1 aromatic carbocycles. The molecule has 2 nitrogen and oxygen atoms in total. The Morgan fingerprint density at radius 1 is 1.12 bits per heavy atom. The molecule has 0 amide bonds. The quantitative estimate of drug-likeness (QED) is 0.791. The Morgan fingerprint density at radius 3 is 2.24 bits per heavy atom. The van der Waals surface area contributed by atoms with E-state index in [1.165, 1.54) is 18.2 Å². The van der Waals surface area contributed by atoms with Gasteiger partial charge >= 0.3 is 0 Å². The summed E-state index contributed by atoms with van der Waals surface area (Å²) < 4.78 is 16.3. The van der Waals surface area contributed by atoms with Gasteiger partial charge in [-0.05, 0) is 32.0 Å². The van der Waals surface area contributed by atoms with Gasteiger partial charge in [-0.2, -0.15) is 0 Å². The molecule has 0 radical (unpaired) electrons. The molecule has 0 saturated carbocycles. The summed E-state index contributed by atoms with van der Waals surface area (Å²) in [5.41, 5.74) is 1.82. The summed E-state index contributed by atoms with van der Waals surface area (Å²) in [4.78, 5) is 11.3. The zero-order valence-corrected chi connectivity index (χ0v) is 11.1. The van der Waals surface area contributed by atoms with Crippen LogP contribution in [0.25, 0.3) is 5.69 Å². The Balaban J connectivity index is 2.73. The van der Waals surface area contributed by atoms with Crippen molar-refractivity contribution in [3.63, 3.8) is 0 Å². The van der Waals surface area contributed by atoms with Crippen LogP contribution in [0.5, 0.6) is 0 Å². The Bertz CT molecular complexity index is 608. The normalized spacial score (nSPS) is 10.6. The van der Waals surface area contributed by atoms with Gasteiger partial charge in [0.2, 0.25) is 0 Å². The van der Waals surface area contributed by atoms with E-state index in [1.807, 2.05) is 0 Å². The van der Waals surface area contributed by atoms with Crippen LogP contribution >= 0.6 is 15.9 Å². The number of hydrogen-bond acceptors (Lipinski definition) is 1. The van der Waals surface area contributed by atoms with Gasteiger partial charge in [-0.3, -0.25) is 4.79 Å². The fourth-order valence-electron chi connectivity index (χ4n) is 1.90. The summed E-state index contributed by atoms with van der Waals surface area (Å²) in [6, 6.07) is 7.86. The van der Waals surface area contributed by atoms with Crippen LogP contribution in [0.3, 0.4) is 0 Å². The van der Waals surface area contributed by atoms with Crippen molar-refractivity contribution < 1.29 is 4.39 Å². The molecule has 0 spiro atoms. The van der Waals surface area contributed by atoms with E-state index in [9.17, 15) is 9.18 Å². The minimum atomic E-state index is -0.325. The maximum atomic E-state index is 13.9. The highest BCUT2D eigenvalue weighted by molar-refractivity contribution is 9.10. The van der Waals surface area contributed by atoms with Gasteiger partial charge in [-0.15, -0.1) is 0 Å². The van der Waals surface area contributed by atoms with Crippen molar-refractivity contribution in [3.05, 3.63) is 62.2 Å². The van der Waals surface area contributed by atoms with Gasteiger partial charge < -0.3 is 4.57 Å². The highest BCUT2D eigenvalue weighted by atomic mass is 79.9. The van der Waals surface area contributed by atoms with Crippen molar-refractivity contribution in [2.24, 2.45) is 0 Å². The van der Waals surface area contributed by atoms with Gasteiger partial charge in [-0.1, -0.05) is 15.9 Å². The molecule has 88 valence electrons. The lowest BCUT2D eigenvalue weighted by Gasteiger charge is -2.15. The zero-order valence-electron chi connectivity index (χ0n) is 9.50. The molecule has 1 aromatic heterocycles. The van der Waals surface area contributed by atoms with Gasteiger partial charge in [0.15, 0.2) is 5.43 Å². The first kappa shape index (κ1) is 12.0. The average molecular weight is 296 g/mol. The molecule has 2 rings (SSSR count). The molecule has 0 saturated heterocycles. The lowest BCUT2D eigenvalue weighted by atomic mass is 10.2. The molecule has 0 bridgehead atoms. The predicted octanol–water partition coefficient (Wildman–Crippen LogP) is 3.36. The van der Waals surface area contributed by atoms with E-state index in [2.05, 4.69) is 15.9 Å². The number of benzene rings is 1. The monoisotopic (exact) mass is 295 g/mol. The van der Waals surface area contributed by atoms with Gasteiger partial charge in [0.1, 0.15) is 5.82 Å². The number of aromatic nitrogens is 1. The van der Waals surface area contributed by atoms with Crippen molar-refractivity contribution in [1.29, 1.82) is 0 Å². The maximum Gasteiger partial charge on any atom is 0.182 e. The van der Waals surface area contributed by atoms with E-state index < -0.39 is 0 Å². The van der Waals surface area contributed by atoms with Crippen LogP contribution in [-0.4, -0.2) is 4.57 Å². The minimum Gasteiger partial charge on any atom is -0.316 e. The molecule has 1 heterocycles. The van der Waals surface area contributed by atoms with Gasteiger partial charge in [0.05, 0.1) is 5.69 Å². The minimum absolute atomic E-state index is 0.0613. The number of rotatable bonds is 1. The fourth-order valence-corrected chi connectivity index (χ4v) is 2.24. The molecule has 0 aliphatic heterocycles. The van der Waals surface area contributed by atoms with Crippen LogP contribution < -0.4 is 5.43 Å². The highest BCUT2D eigenvalue weighted by Crippen LogP contribution is 2.20. The van der Waals surface area contributed by atoms with Crippen LogP contribution in [0.4, 0.5) is 4.39 Å². The van der Waals surface area contributed by atoms with E-state index in [4.69, 9.17) is 0 Å². The zero-order chi connectivity index (χ0) is 12.6. The number of nitrogens with zero attached hydrogens (tertiary/aromatic N) is 1. The Morgan fingerprint density at radius 2 is 1.71 bits per heavy atom. The molecular formula is C13H11BrFNO. The summed E-state index contributed by atoms with van der Waals surface area (Å²) >= 11 is 3.22. The predicted molar refractivity (Wildman–Crippen MR) is 69.2 cm³/mol. The highest BCUT2D eigenvalue weighted by Gasteiger charge is 2.09. The topological polar surface area (TPSA) is 22.0 Å². The van der Waals surface area contributed by atoms with E-state index >= 15 is 0 Å². The third-order valence-corrected chi connectivity index (χ3v) is 3.05. The van der Waals surface area contributed by atoms with Crippen LogP contribution in [0.2, 0.25) is 0 Å². The summed E-state index contributed by atoms with van der Waals surface area (Å²) in [6.07, 6.45) is 0. The number of hydrogen-bond donors (Lipinski definition) is 0.